The van der Waals surface area contributed by atoms with Crippen LogP contribution >= 0.6 is 0 Å². The Morgan fingerprint density at radius 3 is 2.32 bits per heavy atom. The van der Waals surface area contributed by atoms with Gasteiger partial charge in [0.05, 0.1) is 14.2 Å². The summed E-state index contributed by atoms with van der Waals surface area (Å²) in [6.07, 6.45) is 2.23. The Morgan fingerprint density at radius 2 is 1.76 bits per heavy atom. The second-order valence-electron chi connectivity index (χ2n) is 4.92. The first kappa shape index (κ1) is 18.3. The molecule has 25 heavy (non-hydrogen) atoms. The third-order valence-corrected chi connectivity index (χ3v) is 4.64. The predicted molar refractivity (Wildman–Crippen MR) is 93.5 cm³/mol. The van der Waals surface area contributed by atoms with Gasteiger partial charge in [-0.25, -0.2) is 13.2 Å². The van der Waals surface area contributed by atoms with Gasteiger partial charge in [-0.05, 0) is 48.0 Å². The van der Waals surface area contributed by atoms with Crippen molar-refractivity contribution in [3.05, 3.63) is 54.1 Å². The van der Waals surface area contributed by atoms with Crippen molar-refractivity contribution in [2.75, 3.05) is 18.9 Å². The summed E-state index contributed by atoms with van der Waals surface area (Å²) in [4.78, 5) is 10.5. The van der Waals surface area contributed by atoms with E-state index in [-0.39, 0.29) is 10.6 Å². The van der Waals surface area contributed by atoms with E-state index in [1.54, 1.807) is 30.3 Å². The van der Waals surface area contributed by atoms with Crippen molar-refractivity contribution in [3.63, 3.8) is 0 Å². The van der Waals surface area contributed by atoms with Gasteiger partial charge in [0.25, 0.3) is 10.0 Å². The number of ether oxygens (including phenoxy) is 2. The fourth-order valence-corrected chi connectivity index (χ4v) is 3.31. The zero-order chi connectivity index (χ0) is 18.4. The van der Waals surface area contributed by atoms with Crippen LogP contribution in [0.2, 0.25) is 0 Å². The van der Waals surface area contributed by atoms with E-state index >= 15 is 0 Å². The first-order valence-corrected chi connectivity index (χ1v) is 8.60. The summed E-state index contributed by atoms with van der Waals surface area (Å²) in [6.45, 7) is 0. The van der Waals surface area contributed by atoms with Gasteiger partial charge in [0.1, 0.15) is 16.4 Å². The number of carboxylic acid groups (broad SMARTS) is 1. The number of sulfonamides is 1. The molecule has 2 N–H and O–H groups in total. The van der Waals surface area contributed by atoms with E-state index in [4.69, 9.17) is 14.6 Å². The molecule has 0 aliphatic carbocycles. The highest BCUT2D eigenvalue weighted by Gasteiger charge is 2.20. The van der Waals surface area contributed by atoms with Gasteiger partial charge in [0, 0.05) is 11.8 Å². The van der Waals surface area contributed by atoms with Gasteiger partial charge in [0.15, 0.2) is 0 Å². The zero-order valence-corrected chi connectivity index (χ0v) is 14.4. The minimum atomic E-state index is -3.93. The average molecular weight is 363 g/mol. The zero-order valence-electron chi connectivity index (χ0n) is 13.6. The third kappa shape index (κ3) is 4.74. The SMILES string of the molecule is COc1ccc(NS(=O)(=O)c2cc(/C=C/C(=O)O)ccc2OC)cc1. The summed E-state index contributed by atoms with van der Waals surface area (Å²) in [5, 5.41) is 8.69. The number of benzene rings is 2. The maximum atomic E-state index is 12.7. The lowest BCUT2D eigenvalue weighted by molar-refractivity contribution is -0.131. The molecule has 0 aliphatic heterocycles. The largest absolute Gasteiger partial charge is 0.497 e. The molecule has 2 aromatic carbocycles. The van der Waals surface area contributed by atoms with Gasteiger partial charge in [-0.1, -0.05) is 6.07 Å². The van der Waals surface area contributed by atoms with E-state index in [1.807, 2.05) is 0 Å². The van der Waals surface area contributed by atoms with Crippen LogP contribution < -0.4 is 14.2 Å². The van der Waals surface area contributed by atoms with E-state index in [2.05, 4.69) is 4.72 Å². The molecule has 132 valence electrons. The molecule has 0 fully saturated rings. The topological polar surface area (TPSA) is 102 Å². The molecule has 0 atom stereocenters. The van der Waals surface area contributed by atoms with Gasteiger partial charge >= 0.3 is 5.97 Å². The van der Waals surface area contributed by atoms with Crippen LogP contribution in [-0.4, -0.2) is 33.7 Å². The molecule has 7 nitrogen and oxygen atoms in total. The van der Waals surface area contributed by atoms with Crippen LogP contribution in [0.3, 0.4) is 0 Å². The van der Waals surface area contributed by atoms with Crippen LogP contribution in [0.25, 0.3) is 6.08 Å². The first-order valence-electron chi connectivity index (χ1n) is 7.11. The van der Waals surface area contributed by atoms with Gasteiger partial charge in [-0.3, -0.25) is 4.72 Å². The lowest BCUT2D eigenvalue weighted by Gasteiger charge is -2.12. The first-order chi connectivity index (χ1) is 11.9. The molecule has 0 unspecified atom stereocenters. The summed E-state index contributed by atoms with van der Waals surface area (Å²) < 4.78 is 37.9. The second-order valence-corrected chi connectivity index (χ2v) is 6.57. The summed E-state index contributed by atoms with van der Waals surface area (Å²) in [5.41, 5.74) is 0.771. The van der Waals surface area contributed by atoms with Crippen molar-refractivity contribution < 1.29 is 27.8 Å². The number of anilines is 1. The molecule has 2 rings (SSSR count). The molecular formula is C17H17NO6S. The Morgan fingerprint density at radius 1 is 1.08 bits per heavy atom. The Hall–Kier alpha value is -3.00. The molecule has 0 spiro atoms. The molecule has 0 amide bonds. The summed E-state index contributed by atoms with van der Waals surface area (Å²) in [7, 11) is -1.06. The van der Waals surface area contributed by atoms with Crippen molar-refractivity contribution in [2.24, 2.45) is 0 Å². The summed E-state index contributed by atoms with van der Waals surface area (Å²) in [5.74, 6) is -0.383. The van der Waals surface area contributed by atoms with Crippen LogP contribution in [0.15, 0.2) is 53.4 Å². The normalized spacial score (nSPS) is 11.3. The highest BCUT2D eigenvalue weighted by molar-refractivity contribution is 7.92. The van der Waals surface area contributed by atoms with Crippen molar-refractivity contribution in [3.8, 4) is 11.5 Å². The number of rotatable bonds is 7. The van der Waals surface area contributed by atoms with Crippen molar-refractivity contribution >= 4 is 27.8 Å². The van der Waals surface area contributed by atoms with Crippen LogP contribution in [0.5, 0.6) is 11.5 Å². The van der Waals surface area contributed by atoms with Gasteiger partial charge in [0.2, 0.25) is 0 Å². The lowest BCUT2D eigenvalue weighted by atomic mass is 10.2. The monoisotopic (exact) mass is 363 g/mol. The van der Waals surface area contributed by atoms with Crippen LogP contribution in [0, 0.1) is 0 Å². The molecule has 0 saturated heterocycles. The fourth-order valence-electron chi connectivity index (χ4n) is 2.04. The highest BCUT2D eigenvalue weighted by atomic mass is 32.2. The molecule has 0 radical (unpaired) electrons. The molecule has 0 saturated carbocycles. The maximum absolute atomic E-state index is 12.7. The predicted octanol–water partition coefficient (Wildman–Crippen LogP) is 2.60. The number of aliphatic carboxylic acids is 1. The third-order valence-electron chi connectivity index (χ3n) is 3.24. The van der Waals surface area contributed by atoms with Gasteiger partial charge < -0.3 is 14.6 Å². The number of hydrogen-bond donors (Lipinski definition) is 2. The molecule has 0 aromatic heterocycles. The number of hydrogen-bond acceptors (Lipinski definition) is 5. The van der Waals surface area contributed by atoms with E-state index in [1.165, 1.54) is 32.4 Å². The molecular weight excluding hydrogens is 346 g/mol. The molecule has 8 heteroatoms. The second kappa shape index (κ2) is 7.71. The van der Waals surface area contributed by atoms with Crippen molar-refractivity contribution in [1.82, 2.24) is 0 Å². The lowest BCUT2D eigenvalue weighted by Crippen LogP contribution is -2.14. The minimum Gasteiger partial charge on any atom is -0.497 e. The standard InChI is InChI=1S/C17H17NO6S/c1-23-14-7-5-13(6-8-14)18-25(21,22)16-11-12(4-10-17(19)20)3-9-15(16)24-2/h3-11,18H,1-2H3,(H,19,20)/b10-4+. The number of methoxy groups -OCH3 is 2. The summed E-state index contributed by atoms with van der Waals surface area (Å²) >= 11 is 0. The fraction of sp³-hybridized carbons (Fsp3) is 0.118. The van der Waals surface area contributed by atoms with Crippen LogP contribution in [0.4, 0.5) is 5.69 Å². The van der Waals surface area contributed by atoms with Crippen molar-refractivity contribution in [2.45, 2.75) is 4.90 Å². The number of carboxylic acids is 1. The molecule has 2 aromatic rings. The van der Waals surface area contributed by atoms with E-state index in [0.717, 1.165) is 6.08 Å². The summed E-state index contributed by atoms with van der Waals surface area (Å²) in [6, 6.07) is 10.7. The Kier molecular flexibility index (Phi) is 5.66. The highest BCUT2D eigenvalue weighted by Crippen LogP contribution is 2.28. The smallest absolute Gasteiger partial charge is 0.328 e. The van der Waals surface area contributed by atoms with Crippen LogP contribution in [-0.2, 0) is 14.8 Å². The Balaban J connectivity index is 2.38. The number of carbonyl (C=O) groups is 1. The van der Waals surface area contributed by atoms with Gasteiger partial charge in [-0.15, -0.1) is 0 Å². The number of nitrogens with one attached hydrogen (secondary N) is 1. The van der Waals surface area contributed by atoms with E-state index < -0.39 is 16.0 Å². The Bertz CT molecular complexity index is 888. The quantitative estimate of drug-likeness (QED) is 0.733. The maximum Gasteiger partial charge on any atom is 0.328 e. The van der Waals surface area contributed by atoms with E-state index in [9.17, 15) is 13.2 Å². The van der Waals surface area contributed by atoms with Crippen molar-refractivity contribution in [1.29, 1.82) is 0 Å². The van der Waals surface area contributed by atoms with Crippen LogP contribution in [0.1, 0.15) is 5.56 Å². The molecule has 0 aliphatic rings. The van der Waals surface area contributed by atoms with Gasteiger partial charge in [-0.2, -0.15) is 0 Å². The molecule has 0 heterocycles. The Labute approximate surface area is 145 Å². The average Bonchev–Trinajstić information content (AvgIpc) is 2.60. The molecule has 0 bridgehead atoms. The van der Waals surface area contributed by atoms with E-state index in [0.29, 0.717) is 17.0 Å². The minimum absolute atomic E-state index is 0.0987.